The normalized spacial score (nSPS) is 14.1. The van der Waals surface area contributed by atoms with E-state index in [0.29, 0.717) is 11.1 Å². The summed E-state index contributed by atoms with van der Waals surface area (Å²) in [4.78, 5) is 40.6. The van der Waals surface area contributed by atoms with E-state index in [1.807, 2.05) is 43.3 Å². The Labute approximate surface area is 200 Å². The molecule has 0 fully saturated rings. The standard InChI is InChI=1S/C26H19N5O4/c1-16(17-8-3-2-4-9-17)28-26(33)22(15-27)23-20-12-5-6-13-21(20)24(29-23)30-25(32)18-10-7-11-19(14-18)31(34)35/h2-14,16H,1H3,(H,28,33)(H,29,30,32)/b23-22-/t16-/m0/s1. The van der Waals surface area contributed by atoms with Gasteiger partial charge in [0.15, 0.2) is 0 Å². The number of nitriles is 1. The van der Waals surface area contributed by atoms with Crippen LogP contribution >= 0.6 is 0 Å². The molecule has 2 N–H and O–H groups in total. The molecular formula is C26H19N5O4. The summed E-state index contributed by atoms with van der Waals surface area (Å²) >= 11 is 0. The molecule has 0 saturated carbocycles. The van der Waals surface area contributed by atoms with Gasteiger partial charge in [-0.15, -0.1) is 0 Å². The fraction of sp³-hybridized carbons (Fsp3) is 0.0769. The number of hydrogen-bond acceptors (Lipinski definition) is 6. The van der Waals surface area contributed by atoms with Gasteiger partial charge in [0.25, 0.3) is 17.5 Å². The number of carbonyl (C=O) groups excluding carboxylic acids is 2. The largest absolute Gasteiger partial charge is 0.345 e. The van der Waals surface area contributed by atoms with Crippen molar-refractivity contribution >= 4 is 29.0 Å². The van der Waals surface area contributed by atoms with Gasteiger partial charge < -0.3 is 10.6 Å². The van der Waals surface area contributed by atoms with E-state index in [0.717, 1.165) is 11.6 Å². The van der Waals surface area contributed by atoms with E-state index >= 15 is 0 Å². The SMILES string of the molecule is C[C@H](NC(=O)/C(C#N)=C1\N=C(NC(=O)c2cccc([N+](=O)[O-])c2)c2ccccc21)c1ccccc1. The van der Waals surface area contributed by atoms with E-state index in [2.05, 4.69) is 15.6 Å². The van der Waals surface area contributed by atoms with Crippen LogP contribution in [0.3, 0.4) is 0 Å². The number of carbonyl (C=O) groups is 2. The summed E-state index contributed by atoms with van der Waals surface area (Å²) in [5.74, 6) is -1.06. The van der Waals surface area contributed by atoms with E-state index in [9.17, 15) is 25.0 Å². The predicted octanol–water partition coefficient (Wildman–Crippen LogP) is 3.90. The van der Waals surface area contributed by atoms with Crippen molar-refractivity contribution in [2.75, 3.05) is 0 Å². The number of amides is 2. The minimum atomic E-state index is -0.607. The Morgan fingerprint density at radius 3 is 2.37 bits per heavy atom. The first-order chi connectivity index (χ1) is 16.9. The molecule has 0 bridgehead atoms. The Morgan fingerprint density at radius 2 is 1.69 bits per heavy atom. The highest BCUT2D eigenvalue weighted by molar-refractivity contribution is 6.20. The number of aliphatic imine (C=N–C) groups is 1. The average molecular weight is 465 g/mol. The Kier molecular flexibility index (Phi) is 6.46. The van der Waals surface area contributed by atoms with Crippen molar-refractivity contribution in [1.29, 1.82) is 5.26 Å². The van der Waals surface area contributed by atoms with E-state index in [-0.39, 0.29) is 34.4 Å². The minimum Gasteiger partial charge on any atom is -0.345 e. The van der Waals surface area contributed by atoms with E-state index in [1.165, 1.54) is 18.2 Å². The number of rotatable bonds is 5. The van der Waals surface area contributed by atoms with Crippen molar-refractivity contribution in [1.82, 2.24) is 10.6 Å². The third-order valence-corrected chi connectivity index (χ3v) is 5.43. The molecule has 9 heteroatoms. The lowest BCUT2D eigenvalue weighted by Crippen LogP contribution is -2.30. The topological polar surface area (TPSA) is 137 Å². The quantitative estimate of drug-likeness (QED) is 0.255. The zero-order chi connectivity index (χ0) is 24.9. The van der Waals surface area contributed by atoms with Crippen LogP contribution < -0.4 is 10.6 Å². The molecule has 172 valence electrons. The lowest BCUT2D eigenvalue weighted by molar-refractivity contribution is -0.384. The number of benzene rings is 3. The van der Waals surface area contributed by atoms with Crippen LogP contribution in [0.2, 0.25) is 0 Å². The molecule has 1 aliphatic heterocycles. The van der Waals surface area contributed by atoms with Crippen LogP contribution in [-0.2, 0) is 4.79 Å². The van der Waals surface area contributed by atoms with Crippen LogP contribution in [0.5, 0.6) is 0 Å². The summed E-state index contributed by atoms with van der Waals surface area (Å²) in [5, 5.41) is 26.3. The second kappa shape index (κ2) is 9.80. The summed E-state index contributed by atoms with van der Waals surface area (Å²) in [5.41, 5.74) is 1.71. The summed E-state index contributed by atoms with van der Waals surface area (Å²) in [7, 11) is 0. The van der Waals surface area contributed by atoms with Crippen LogP contribution in [0.15, 0.2) is 89.4 Å². The molecular weight excluding hydrogens is 446 g/mol. The number of nitrogens with zero attached hydrogens (tertiary/aromatic N) is 3. The van der Waals surface area contributed by atoms with Crippen molar-refractivity contribution in [3.05, 3.63) is 117 Å². The second-order valence-electron chi connectivity index (χ2n) is 7.71. The van der Waals surface area contributed by atoms with Gasteiger partial charge in [-0.05, 0) is 18.6 Å². The van der Waals surface area contributed by atoms with Gasteiger partial charge in [-0.1, -0.05) is 60.7 Å². The summed E-state index contributed by atoms with van der Waals surface area (Å²) < 4.78 is 0. The highest BCUT2D eigenvalue weighted by atomic mass is 16.6. The zero-order valence-electron chi connectivity index (χ0n) is 18.6. The van der Waals surface area contributed by atoms with Gasteiger partial charge in [0.2, 0.25) is 0 Å². The van der Waals surface area contributed by atoms with E-state index in [1.54, 1.807) is 24.3 Å². The second-order valence-corrected chi connectivity index (χ2v) is 7.71. The van der Waals surface area contributed by atoms with Crippen LogP contribution in [0.1, 0.15) is 40.0 Å². The monoisotopic (exact) mass is 465 g/mol. The molecule has 0 radical (unpaired) electrons. The zero-order valence-corrected chi connectivity index (χ0v) is 18.6. The Hall–Kier alpha value is -5.10. The molecule has 35 heavy (non-hydrogen) atoms. The first-order valence-electron chi connectivity index (χ1n) is 10.6. The number of amidine groups is 1. The van der Waals surface area contributed by atoms with Crippen LogP contribution in [0.25, 0.3) is 5.70 Å². The van der Waals surface area contributed by atoms with Crippen LogP contribution in [0, 0.1) is 21.4 Å². The predicted molar refractivity (Wildman–Crippen MR) is 129 cm³/mol. The van der Waals surface area contributed by atoms with E-state index in [4.69, 9.17) is 0 Å². The number of non-ortho nitro benzene ring substituents is 1. The van der Waals surface area contributed by atoms with Gasteiger partial charge in [0, 0.05) is 28.8 Å². The lowest BCUT2D eigenvalue weighted by atomic mass is 10.0. The molecule has 0 aromatic heterocycles. The molecule has 0 aliphatic carbocycles. The van der Waals surface area contributed by atoms with Gasteiger partial charge in [-0.25, -0.2) is 4.99 Å². The van der Waals surface area contributed by atoms with Gasteiger partial charge in [-0.2, -0.15) is 5.26 Å². The smallest absolute Gasteiger partial charge is 0.270 e. The maximum absolute atomic E-state index is 13.0. The molecule has 0 saturated heterocycles. The molecule has 3 aromatic carbocycles. The van der Waals surface area contributed by atoms with Gasteiger partial charge in [-0.3, -0.25) is 19.7 Å². The maximum Gasteiger partial charge on any atom is 0.270 e. The molecule has 1 aliphatic rings. The van der Waals surface area contributed by atoms with Crippen molar-refractivity contribution in [2.45, 2.75) is 13.0 Å². The molecule has 9 nitrogen and oxygen atoms in total. The highest BCUT2D eigenvalue weighted by Gasteiger charge is 2.28. The first-order valence-corrected chi connectivity index (χ1v) is 10.6. The Bertz CT molecular complexity index is 1440. The van der Waals surface area contributed by atoms with Crippen LogP contribution in [-0.4, -0.2) is 22.6 Å². The van der Waals surface area contributed by atoms with Gasteiger partial charge in [0.05, 0.1) is 16.7 Å². The van der Waals surface area contributed by atoms with Crippen molar-refractivity contribution in [2.24, 2.45) is 4.99 Å². The number of hydrogen-bond donors (Lipinski definition) is 2. The minimum absolute atomic E-state index is 0.0757. The number of nitro groups is 1. The van der Waals surface area contributed by atoms with Crippen LogP contribution in [0.4, 0.5) is 5.69 Å². The summed E-state index contributed by atoms with van der Waals surface area (Å²) in [6.07, 6.45) is 0. The first kappa shape index (κ1) is 23.1. The fourth-order valence-corrected chi connectivity index (χ4v) is 3.66. The Balaban J connectivity index is 1.66. The molecule has 0 spiro atoms. The van der Waals surface area contributed by atoms with E-state index < -0.39 is 16.7 Å². The van der Waals surface area contributed by atoms with Crippen molar-refractivity contribution in [3.8, 4) is 6.07 Å². The maximum atomic E-state index is 13.0. The lowest BCUT2D eigenvalue weighted by Gasteiger charge is -2.14. The molecule has 1 atom stereocenters. The third-order valence-electron chi connectivity index (χ3n) is 5.43. The Morgan fingerprint density at radius 1 is 1.00 bits per heavy atom. The molecule has 3 aromatic rings. The number of fused-ring (bicyclic) bond motifs is 1. The molecule has 0 unspecified atom stereocenters. The molecule has 2 amide bonds. The third kappa shape index (κ3) is 4.82. The average Bonchev–Trinajstić information content (AvgIpc) is 3.23. The van der Waals surface area contributed by atoms with Crippen molar-refractivity contribution < 1.29 is 14.5 Å². The highest BCUT2D eigenvalue weighted by Crippen LogP contribution is 2.31. The number of nitro benzene ring substituents is 1. The van der Waals surface area contributed by atoms with Crippen molar-refractivity contribution in [3.63, 3.8) is 0 Å². The molecule has 4 rings (SSSR count). The van der Waals surface area contributed by atoms with Gasteiger partial charge in [0.1, 0.15) is 17.5 Å². The molecule has 1 heterocycles. The summed E-state index contributed by atoms with van der Waals surface area (Å²) in [6, 6.07) is 23.1. The van der Waals surface area contributed by atoms with Gasteiger partial charge >= 0.3 is 0 Å². The number of nitrogens with one attached hydrogen (secondary N) is 2. The summed E-state index contributed by atoms with van der Waals surface area (Å²) in [6.45, 7) is 1.81. The fourth-order valence-electron chi connectivity index (χ4n) is 3.66.